The number of methoxy groups -OCH3 is 2. The van der Waals surface area contributed by atoms with E-state index >= 15 is 0 Å². The lowest BCUT2D eigenvalue weighted by Crippen LogP contribution is -2.64. The Balaban J connectivity index is 0.000000114. The van der Waals surface area contributed by atoms with E-state index in [1.54, 1.807) is 20.3 Å². The highest BCUT2D eigenvalue weighted by Crippen LogP contribution is 2.66. The number of Topliss-reactive ketones (excluding diaryl/α,β-unsaturated/α-hetero) is 2. The summed E-state index contributed by atoms with van der Waals surface area (Å²) in [5.41, 5.74) is 12.4. The number of nitrogens with zero attached hydrogens (tertiary/aromatic N) is 5. The summed E-state index contributed by atoms with van der Waals surface area (Å²) in [5.74, 6) is 5.96. The zero-order valence-electron chi connectivity index (χ0n) is 77.6. The number of carbonyl (C=O) groups excluding carboxylic acids is 2. The Hall–Kier alpha value is -9.45. The van der Waals surface area contributed by atoms with Crippen LogP contribution >= 0.6 is 11.6 Å². The van der Waals surface area contributed by atoms with Crippen molar-refractivity contribution in [3.63, 3.8) is 0 Å². The molecule has 0 radical (unpaired) electrons. The molecule has 8 aromatic rings. The number of allylic oxidation sites excluding steroid dienone is 2. The third-order valence-electron chi connectivity index (χ3n) is 31.4. The second kappa shape index (κ2) is 38.0. The Labute approximate surface area is 768 Å². The minimum Gasteiger partial charge on any atom is -0.508 e. The molecule has 6 N–H and O–H groups in total. The number of halogens is 1. The first-order valence-corrected chi connectivity index (χ1v) is 47.1. The lowest BCUT2D eigenvalue weighted by atomic mass is 9.53. The number of hydrogen-bond donors (Lipinski definition) is 6. The van der Waals surface area contributed by atoms with Crippen molar-refractivity contribution < 1.29 is 63.5 Å². The summed E-state index contributed by atoms with van der Waals surface area (Å²) in [6.07, 6.45) is 21.7. The standard InChI is InChI=1S/C22H31NO2.C21H27NO.C18H21NO3.C18H19NO3.C17H19NO3.C13H16ClNO/c1-5-21(24)25-22(18(2)17-23(3)4,20-14-10-7-11-15-20)16-19-12-8-6-9-13-19;1-5-20(23)21(16-17(2)22(3)4,18-12-8-6-9-13-18)19-14-10-7-11-15-19;2*1-19-8-7-18-11-4-5-13(20)17(18)22-16-14(21-2)6-3-10(15(16)18)9-12(11)19;1-18-7-6-17-10-3-5-13(20)16(17)21-15-12(19)4-2-9(14(15)17)8-11(10)18;1-15-13(9-5-4-8-12(13)16)10-6-2-3-7-11(10)14/h6-15,18,21,24H,5,16-17H2,1-4H3;6-15,17H,5,16H2,1-4H3;3-6,11-13,17,20H,7-9H2,1-2H3;3-6,12,17,20H,7-9H2,1-2H3;2-5,10-11,13,16,19-20H,6-8H2,1H3;2-3,6-7,15H,4-5,8-9H2,1H3/t18?,21-,22+;;11-,12+,13-,17-,18-;12-,17+,18+;10-,11+,13-,16-,17-;/m0.010./s1. The van der Waals surface area contributed by atoms with Crippen LogP contribution in [0, 0.1) is 17.8 Å². The fourth-order valence-electron chi connectivity index (χ4n) is 24.7. The molecule has 3 saturated heterocycles. The van der Waals surface area contributed by atoms with Gasteiger partial charge in [-0.25, -0.2) is 0 Å². The molecule has 21 rings (SSSR count). The molecule has 129 heavy (non-hydrogen) atoms. The highest BCUT2D eigenvalue weighted by atomic mass is 35.5. The van der Waals surface area contributed by atoms with Crippen LogP contribution in [0.1, 0.15) is 153 Å². The van der Waals surface area contributed by atoms with Crippen LogP contribution in [-0.2, 0) is 72.8 Å². The normalized spacial score (nSPS) is 28.5. The van der Waals surface area contributed by atoms with Crippen molar-refractivity contribution in [3.05, 3.63) is 296 Å². The van der Waals surface area contributed by atoms with E-state index in [1.165, 1.54) is 44.5 Å². The lowest BCUT2D eigenvalue weighted by Gasteiger charge is -2.56. The Kier molecular flexibility index (Phi) is 27.4. The van der Waals surface area contributed by atoms with Crippen LogP contribution in [0.5, 0.6) is 34.5 Å². The van der Waals surface area contributed by atoms with Crippen LogP contribution in [0.3, 0.4) is 0 Å². The highest BCUT2D eigenvalue weighted by molar-refractivity contribution is 6.31. The number of phenols is 1. The number of likely N-dealkylation sites (N-methyl/N-ethyl adjacent to an activating group) is 4. The molecule has 6 aliphatic heterocycles. The molecular weight excluding hydrogens is 1640 g/mol. The molecule has 6 heterocycles. The summed E-state index contributed by atoms with van der Waals surface area (Å²) in [4.78, 5) is 37.0. The second-order valence-electron chi connectivity index (χ2n) is 38.6. The fourth-order valence-corrected chi connectivity index (χ4v) is 25.0. The minimum absolute atomic E-state index is 0.0806. The average molecular weight is 1770 g/mol. The maximum atomic E-state index is 13.2. The van der Waals surface area contributed by atoms with E-state index in [4.69, 9.17) is 40.0 Å². The fraction of sp³-hybridized carbons (Fsp3) is 0.468. The predicted molar refractivity (Wildman–Crippen MR) is 508 cm³/mol. The topological polar surface area (TPSA) is 219 Å². The molecule has 7 aliphatic carbocycles. The highest BCUT2D eigenvalue weighted by Gasteiger charge is 2.67. The summed E-state index contributed by atoms with van der Waals surface area (Å²) in [6, 6.07) is 62.6. The lowest BCUT2D eigenvalue weighted by molar-refractivity contribution is -0.212. The molecule has 0 aromatic heterocycles. The molecule has 684 valence electrons. The molecular formula is C109H133ClN6O13. The average Bonchev–Trinajstić information content (AvgIpc) is 1.55. The maximum Gasteiger partial charge on any atom is 0.169 e. The molecule has 6 bridgehead atoms. The number of piperidine rings is 3. The number of aromatic hydroxyl groups is 1. The number of phenolic OH excluding ortho intramolecular Hbond substituents is 1. The molecule has 1 saturated carbocycles. The van der Waals surface area contributed by atoms with Crippen molar-refractivity contribution in [2.75, 3.05) is 96.8 Å². The summed E-state index contributed by atoms with van der Waals surface area (Å²) in [7, 11) is 20.1. The molecule has 19 nitrogen and oxygen atoms in total. The van der Waals surface area contributed by atoms with E-state index in [1.807, 2.05) is 142 Å². The van der Waals surface area contributed by atoms with Gasteiger partial charge in [0.15, 0.2) is 52.7 Å². The first-order valence-electron chi connectivity index (χ1n) is 46.7. The minimum atomic E-state index is -0.784. The van der Waals surface area contributed by atoms with Gasteiger partial charge in [0.25, 0.3) is 0 Å². The number of aliphatic hydroxyl groups is 4. The van der Waals surface area contributed by atoms with Crippen LogP contribution in [0.2, 0.25) is 5.02 Å². The number of benzene rings is 8. The van der Waals surface area contributed by atoms with Crippen LogP contribution in [0.4, 0.5) is 0 Å². The summed E-state index contributed by atoms with van der Waals surface area (Å²) in [5, 5.41) is 55.9. The second-order valence-corrected chi connectivity index (χ2v) is 39.0. The van der Waals surface area contributed by atoms with Gasteiger partial charge < -0.3 is 78.9 Å². The number of nitrogens with one attached hydrogen (secondary N) is 1. The molecule has 4 fully saturated rings. The maximum absolute atomic E-state index is 13.2. The van der Waals surface area contributed by atoms with Gasteiger partial charge in [-0.05, 0) is 228 Å². The van der Waals surface area contributed by atoms with E-state index in [2.05, 4.69) is 184 Å². The van der Waals surface area contributed by atoms with Gasteiger partial charge >= 0.3 is 0 Å². The monoisotopic (exact) mass is 1770 g/mol. The van der Waals surface area contributed by atoms with Gasteiger partial charge in [-0.2, -0.15) is 0 Å². The van der Waals surface area contributed by atoms with Crippen LogP contribution in [0.25, 0.3) is 0 Å². The third kappa shape index (κ3) is 16.2. The molecule has 3 unspecified atom stereocenters. The number of aliphatic hydroxyl groups excluding tert-OH is 4. The molecule has 8 aromatic carbocycles. The number of hydrogen-bond acceptors (Lipinski definition) is 19. The Morgan fingerprint density at radius 1 is 0.605 bits per heavy atom. The largest absolute Gasteiger partial charge is 0.508 e. The van der Waals surface area contributed by atoms with Gasteiger partial charge in [-0.3, -0.25) is 14.5 Å². The number of carbonyl (C=O) groups is 2. The third-order valence-corrected chi connectivity index (χ3v) is 31.7. The molecule has 18 atom stereocenters. The van der Waals surface area contributed by atoms with Gasteiger partial charge in [0.05, 0.1) is 25.0 Å². The van der Waals surface area contributed by atoms with Crippen LogP contribution < -0.4 is 29.0 Å². The van der Waals surface area contributed by atoms with Crippen molar-refractivity contribution in [1.29, 1.82) is 0 Å². The van der Waals surface area contributed by atoms with Gasteiger partial charge in [0.2, 0.25) is 0 Å². The number of rotatable bonds is 20. The summed E-state index contributed by atoms with van der Waals surface area (Å²) < 4.78 is 36.0. The molecule has 20 heteroatoms. The van der Waals surface area contributed by atoms with Crippen LogP contribution in [0.15, 0.2) is 230 Å². The molecule has 3 spiro atoms. The predicted octanol–water partition coefficient (Wildman–Crippen LogP) is 16.3. The smallest absolute Gasteiger partial charge is 0.169 e. The Bertz CT molecular complexity index is 5420. The van der Waals surface area contributed by atoms with E-state index in [9.17, 15) is 35.1 Å². The zero-order chi connectivity index (χ0) is 91.2. The molecule has 13 aliphatic rings. The van der Waals surface area contributed by atoms with E-state index in [0.29, 0.717) is 71.8 Å². The van der Waals surface area contributed by atoms with E-state index < -0.39 is 35.1 Å². The van der Waals surface area contributed by atoms with E-state index in [-0.39, 0.29) is 57.8 Å². The van der Waals surface area contributed by atoms with Crippen molar-refractivity contribution in [2.24, 2.45) is 17.8 Å². The quantitative estimate of drug-likeness (QED) is 0.0309. The van der Waals surface area contributed by atoms with E-state index in [0.717, 1.165) is 142 Å². The number of ketones is 2. The van der Waals surface area contributed by atoms with Crippen molar-refractivity contribution in [1.82, 2.24) is 29.8 Å². The number of likely N-dealkylation sites (tertiary alicyclic amines) is 3. The number of ether oxygens (including phenoxy) is 6. The zero-order valence-corrected chi connectivity index (χ0v) is 78.4. The van der Waals surface area contributed by atoms with Crippen molar-refractivity contribution >= 4 is 23.2 Å². The van der Waals surface area contributed by atoms with Crippen LogP contribution in [-0.4, -0.2) is 219 Å². The van der Waals surface area contributed by atoms with Gasteiger partial charge in [0, 0.05) is 100 Å². The first-order chi connectivity index (χ1) is 62.2. The van der Waals surface area contributed by atoms with Gasteiger partial charge in [-0.15, -0.1) is 0 Å². The van der Waals surface area contributed by atoms with Gasteiger partial charge in [0.1, 0.15) is 47.1 Å². The SMILES string of the molecule is CCC(=O)C(CC(C)N(C)C)(c1ccccc1)c1ccccc1.CC[C@@H](O)O[C@@](Cc1ccccc1)(c1ccccc1)C(C)CN(C)C.CN1CC[C@]23c4c5ccc(O)c4O[C@H]2[C@@H](O)C=C[C@H]3[C@H]1C5.CNC1(c2ccccc2Cl)CCCCC1=O.COc1ccc2c3c1O[C@H]1C(O)=CC=C4[C@@H](C2)N(C)CC[C@]431.COc1ccc2c3c1O[C@H]1[C@@H](O)C=C[C@H]4[C@@H](C2)N(C)CC[C@@]341. The summed E-state index contributed by atoms with van der Waals surface area (Å²) in [6.45, 7) is 12.3. The Morgan fingerprint density at radius 2 is 1.12 bits per heavy atom. The Morgan fingerprint density at radius 3 is 1.64 bits per heavy atom. The first kappa shape index (κ1) is 92.8. The van der Waals surface area contributed by atoms with Crippen molar-refractivity contribution in [2.45, 2.75) is 211 Å². The molecule has 0 amide bonds. The van der Waals surface area contributed by atoms with Crippen molar-refractivity contribution in [3.8, 4) is 34.5 Å². The van der Waals surface area contributed by atoms with Gasteiger partial charge in [-0.1, -0.05) is 227 Å². The summed E-state index contributed by atoms with van der Waals surface area (Å²) >= 11 is 6.20.